The predicted octanol–water partition coefficient (Wildman–Crippen LogP) is 2.31. The first-order valence-electron chi connectivity index (χ1n) is 5.22. The van der Waals surface area contributed by atoms with Crippen molar-refractivity contribution in [2.75, 3.05) is 25.5 Å². The van der Waals surface area contributed by atoms with Gasteiger partial charge in [-0.2, -0.15) is 0 Å². The maximum absolute atomic E-state index is 11.4. The monoisotopic (exact) mass is 285 g/mol. The lowest BCUT2D eigenvalue weighted by molar-refractivity contribution is -0.129. The van der Waals surface area contributed by atoms with Crippen molar-refractivity contribution in [2.45, 2.75) is 6.42 Å². The highest BCUT2D eigenvalue weighted by Gasteiger charge is 2.06. The minimum Gasteiger partial charge on any atom is -0.492 e. The zero-order valence-corrected chi connectivity index (χ0v) is 10.9. The summed E-state index contributed by atoms with van der Waals surface area (Å²) in [5.41, 5.74) is 0. The summed E-state index contributed by atoms with van der Waals surface area (Å²) in [6.45, 7) is 1.13. The molecule has 0 radical (unpaired) electrons. The molecule has 0 unspecified atom stereocenters. The summed E-state index contributed by atoms with van der Waals surface area (Å²) in [6, 6.07) is 9.60. The number of likely N-dealkylation sites (N-methyl/N-ethyl adjacent to an activating group) is 1. The molecule has 0 heterocycles. The highest BCUT2D eigenvalue weighted by atomic mass is 79.9. The molecular formula is C12H16BrNO2. The van der Waals surface area contributed by atoms with Crippen LogP contribution in [0.1, 0.15) is 6.42 Å². The Morgan fingerprint density at radius 3 is 2.69 bits per heavy atom. The van der Waals surface area contributed by atoms with E-state index in [2.05, 4.69) is 15.9 Å². The van der Waals surface area contributed by atoms with Crippen molar-refractivity contribution in [3.8, 4) is 5.75 Å². The van der Waals surface area contributed by atoms with Crippen molar-refractivity contribution in [1.82, 2.24) is 4.90 Å². The summed E-state index contributed by atoms with van der Waals surface area (Å²) in [5, 5.41) is 0.704. The molecule has 0 saturated heterocycles. The Morgan fingerprint density at radius 2 is 2.06 bits per heavy atom. The van der Waals surface area contributed by atoms with E-state index in [4.69, 9.17) is 4.74 Å². The molecular weight excluding hydrogens is 270 g/mol. The van der Waals surface area contributed by atoms with Crippen LogP contribution in [0, 0.1) is 0 Å². The van der Waals surface area contributed by atoms with E-state index in [1.54, 1.807) is 11.9 Å². The molecule has 88 valence electrons. The van der Waals surface area contributed by atoms with Gasteiger partial charge in [-0.05, 0) is 12.1 Å². The molecule has 3 nitrogen and oxygen atoms in total. The van der Waals surface area contributed by atoms with Gasteiger partial charge in [0.1, 0.15) is 12.4 Å². The number of ether oxygens (including phenoxy) is 1. The Bertz CT molecular complexity index is 316. The SMILES string of the molecule is CN(CCOc1ccccc1)C(=O)CCBr. The van der Waals surface area contributed by atoms with Crippen LogP contribution in [0.3, 0.4) is 0 Å². The van der Waals surface area contributed by atoms with E-state index in [-0.39, 0.29) is 5.91 Å². The van der Waals surface area contributed by atoms with Gasteiger partial charge in [-0.1, -0.05) is 34.1 Å². The lowest BCUT2D eigenvalue weighted by Gasteiger charge is -2.16. The van der Waals surface area contributed by atoms with Crippen molar-refractivity contribution < 1.29 is 9.53 Å². The normalized spacial score (nSPS) is 9.88. The van der Waals surface area contributed by atoms with Crippen LogP contribution in [0.2, 0.25) is 0 Å². The summed E-state index contributed by atoms with van der Waals surface area (Å²) in [4.78, 5) is 13.1. The summed E-state index contributed by atoms with van der Waals surface area (Å²) in [5.74, 6) is 0.970. The van der Waals surface area contributed by atoms with E-state index >= 15 is 0 Å². The number of rotatable bonds is 6. The number of amides is 1. The van der Waals surface area contributed by atoms with E-state index in [0.717, 1.165) is 5.75 Å². The molecule has 0 atom stereocenters. The van der Waals surface area contributed by atoms with Gasteiger partial charge in [0.2, 0.25) is 5.91 Å². The van der Waals surface area contributed by atoms with Gasteiger partial charge in [-0.15, -0.1) is 0 Å². The average Bonchev–Trinajstić information content (AvgIpc) is 2.30. The number of alkyl halides is 1. The third kappa shape index (κ3) is 4.66. The zero-order valence-electron chi connectivity index (χ0n) is 9.36. The van der Waals surface area contributed by atoms with Gasteiger partial charge in [-0.25, -0.2) is 0 Å². The van der Waals surface area contributed by atoms with E-state index in [0.29, 0.717) is 24.9 Å². The van der Waals surface area contributed by atoms with Crippen LogP contribution >= 0.6 is 15.9 Å². The summed E-state index contributed by atoms with van der Waals surface area (Å²) in [6.07, 6.45) is 0.530. The molecule has 0 spiro atoms. The Balaban J connectivity index is 2.23. The first-order chi connectivity index (χ1) is 7.74. The van der Waals surface area contributed by atoms with E-state index < -0.39 is 0 Å². The van der Waals surface area contributed by atoms with Crippen LogP contribution in [0.4, 0.5) is 0 Å². The van der Waals surface area contributed by atoms with Crippen molar-refractivity contribution >= 4 is 21.8 Å². The molecule has 0 aromatic heterocycles. The second kappa shape index (κ2) is 7.28. The first-order valence-corrected chi connectivity index (χ1v) is 6.34. The second-order valence-electron chi connectivity index (χ2n) is 3.42. The highest BCUT2D eigenvalue weighted by molar-refractivity contribution is 9.09. The van der Waals surface area contributed by atoms with Gasteiger partial charge >= 0.3 is 0 Å². The molecule has 1 aromatic carbocycles. The van der Waals surface area contributed by atoms with Crippen molar-refractivity contribution in [3.05, 3.63) is 30.3 Å². The smallest absolute Gasteiger partial charge is 0.223 e. The summed E-state index contributed by atoms with van der Waals surface area (Å²) < 4.78 is 5.50. The topological polar surface area (TPSA) is 29.5 Å². The van der Waals surface area contributed by atoms with Crippen LogP contribution in [-0.2, 0) is 4.79 Å². The molecule has 0 saturated carbocycles. The third-order valence-electron chi connectivity index (χ3n) is 2.17. The van der Waals surface area contributed by atoms with Crippen LogP contribution < -0.4 is 4.74 Å². The fourth-order valence-electron chi connectivity index (χ4n) is 1.21. The quantitative estimate of drug-likeness (QED) is 0.751. The van der Waals surface area contributed by atoms with Gasteiger partial charge in [-0.3, -0.25) is 4.79 Å². The van der Waals surface area contributed by atoms with Gasteiger partial charge in [0.15, 0.2) is 0 Å². The maximum atomic E-state index is 11.4. The largest absolute Gasteiger partial charge is 0.492 e. The number of carbonyl (C=O) groups is 1. The lowest BCUT2D eigenvalue weighted by atomic mass is 10.3. The van der Waals surface area contributed by atoms with Gasteiger partial charge < -0.3 is 9.64 Å². The number of para-hydroxylation sites is 1. The minimum atomic E-state index is 0.133. The fraction of sp³-hybridized carbons (Fsp3) is 0.417. The Kier molecular flexibility index (Phi) is 5.93. The Hall–Kier alpha value is -1.03. The predicted molar refractivity (Wildman–Crippen MR) is 68.0 cm³/mol. The number of hydrogen-bond donors (Lipinski definition) is 0. The Morgan fingerprint density at radius 1 is 1.38 bits per heavy atom. The van der Waals surface area contributed by atoms with Crippen molar-refractivity contribution in [2.24, 2.45) is 0 Å². The number of carbonyl (C=O) groups excluding carboxylic acids is 1. The standard InChI is InChI=1S/C12H16BrNO2/c1-14(12(15)7-8-13)9-10-16-11-5-3-2-4-6-11/h2-6H,7-10H2,1H3. The number of benzene rings is 1. The summed E-state index contributed by atoms with van der Waals surface area (Å²) >= 11 is 3.24. The third-order valence-corrected chi connectivity index (χ3v) is 2.57. The van der Waals surface area contributed by atoms with Crippen molar-refractivity contribution in [1.29, 1.82) is 0 Å². The molecule has 1 amide bonds. The van der Waals surface area contributed by atoms with Crippen molar-refractivity contribution in [3.63, 3.8) is 0 Å². The van der Waals surface area contributed by atoms with E-state index in [9.17, 15) is 4.79 Å². The molecule has 0 bridgehead atoms. The number of halogens is 1. The first kappa shape index (κ1) is 13.0. The Labute approximate surface area is 105 Å². The zero-order chi connectivity index (χ0) is 11.8. The van der Waals surface area contributed by atoms with Gasteiger partial charge in [0.25, 0.3) is 0 Å². The molecule has 4 heteroatoms. The molecule has 1 aromatic rings. The maximum Gasteiger partial charge on any atom is 0.223 e. The molecule has 0 fully saturated rings. The van der Waals surface area contributed by atoms with Crippen LogP contribution in [0.15, 0.2) is 30.3 Å². The van der Waals surface area contributed by atoms with E-state index in [1.807, 2.05) is 30.3 Å². The van der Waals surface area contributed by atoms with E-state index in [1.165, 1.54) is 0 Å². The molecule has 1 rings (SSSR count). The molecule has 0 aliphatic rings. The number of hydrogen-bond acceptors (Lipinski definition) is 2. The van der Waals surface area contributed by atoms with Crippen LogP contribution in [0.25, 0.3) is 0 Å². The van der Waals surface area contributed by atoms with Gasteiger partial charge in [0.05, 0.1) is 6.54 Å². The molecule has 16 heavy (non-hydrogen) atoms. The highest BCUT2D eigenvalue weighted by Crippen LogP contribution is 2.07. The molecule has 0 N–H and O–H groups in total. The molecule has 0 aliphatic heterocycles. The number of nitrogens with zero attached hydrogens (tertiary/aromatic N) is 1. The average molecular weight is 286 g/mol. The lowest BCUT2D eigenvalue weighted by Crippen LogP contribution is -2.30. The van der Waals surface area contributed by atoms with Gasteiger partial charge in [0, 0.05) is 18.8 Å². The summed E-state index contributed by atoms with van der Waals surface area (Å²) in [7, 11) is 1.79. The minimum absolute atomic E-state index is 0.133. The second-order valence-corrected chi connectivity index (χ2v) is 4.21. The van der Waals surface area contributed by atoms with Crippen LogP contribution in [0.5, 0.6) is 5.75 Å². The van der Waals surface area contributed by atoms with Crippen LogP contribution in [-0.4, -0.2) is 36.3 Å². The molecule has 0 aliphatic carbocycles. The fourth-order valence-corrected chi connectivity index (χ4v) is 1.55.